The van der Waals surface area contributed by atoms with E-state index in [9.17, 15) is 4.79 Å². The number of carbonyl (C=O) groups is 1. The molecule has 110 valence electrons. The van der Waals surface area contributed by atoms with E-state index < -0.39 is 0 Å². The Labute approximate surface area is 125 Å². The lowest BCUT2D eigenvalue weighted by molar-refractivity contribution is -0.133. The summed E-state index contributed by atoms with van der Waals surface area (Å²) in [5, 5.41) is 5.55. The lowest BCUT2D eigenvalue weighted by atomic mass is 9.84. The highest BCUT2D eigenvalue weighted by molar-refractivity contribution is 7.10. The molecule has 0 radical (unpaired) electrons. The largest absolute Gasteiger partial charge is 0.318 e. The van der Waals surface area contributed by atoms with Crippen LogP contribution >= 0.6 is 11.3 Å². The van der Waals surface area contributed by atoms with Gasteiger partial charge in [-0.15, -0.1) is 11.3 Å². The standard InChI is InChI=1S/C16H24N2OS/c1-11-16(19)18(12(2)13-7-4-3-5-8-13)15(17-11)14-9-6-10-20-14/h6,9-13,15,17H,3-5,7-8H2,1-2H3. The number of amides is 1. The van der Waals surface area contributed by atoms with Gasteiger partial charge in [-0.05, 0) is 44.1 Å². The minimum absolute atomic E-state index is 0.0619. The monoisotopic (exact) mass is 292 g/mol. The first-order chi connectivity index (χ1) is 9.68. The highest BCUT2D eigenvalue weighted by Crippen LogP contribution is 2.36. The molecule has 4 heteroatoms. The Kier molecular flexibility index (Phi) is 4.13. The smallest absolute Gasteiger partial charge is 0.241 e. The maximum absolute atomic E-state index is 12.6. The van der Waals surface area contributed by atoms with Crippen molar-refractivity contribution in [3.63, 3.8) is 0 Å². The summed E-state index contributed by atoms with van der Waals surface area (Å²) in [5.41, 5.74) is 0. The zero-order chi connectivity index (χ0) is 14.1. The first-order valence-electron chi connectivity index (χ1n) is 7.80. The molecule has 1 aliphatic heterocycles. The Morgan fingerprint density at radius 1 is 1.35 bits per heavy atom. The van der Waals surface area contributed by atoms with E-state index in [4.69, 9.17) is 0 Å². The summed E-state index contributed by atoms with van der Waals surface area (Å²) in [7, 11) is 0. The fraction of sp³-hybridized carbons (Fsp3) is 0.688. The van der Waals surface area contributed by atoms with Gasteiger partial charge in [0, 0.05) is 10.9 Å². The molecule has 3 nitrogen and oxygen atoms in total. The third-order valence-corrected chi connectivity index (χ3v) is 5.82. The molecule has 1 aromatic heterocycles. The second-order valence-electron chi connectivity index (χ2n) is 6.19. The predicted octanol–water partition coefficient (Wildman–Crippen LogP) is 3.54. The molecule has 2 aliphatic rings. The molecule has 3 atom stereocenters. The third kappa shape index (κ3) is 2.51. The van der Waals surface area contributed by atoms with E-state index >= 15 is 0 Å². The summed E-state index contributed by atoms with van der Waals surface area (Å²) in [6.07, 6.45) is 6.63. The molecule has 1 N–H and O–H groups in total. The Morgan fingerprint density at radius 3 is 2.75 bits per heavy atom. The molecule has 1 amide bonds. The average molecular weight is 292 g/mol. The van der Waals surface area contributed by atoms with Gasteiger partial charge in [0.1, 0.15) is 6.17 Å². The van der Waals surface area contributed by atoms with Gasteiger partial charge in [0.05, 0.1) is 6.04 Å². The minimum Gasteiger partial charge on any atom is -0.318 e. The number of hydrogen-bond acceptors (Lipinski definition) is 3. The second-order valence-corrected chi connectivity index (χ2v) is 7.17. The Balaban J connectivity index is 1.81. The molecule has 20 heavy (non-hydrogen) atoms. The molecule has 3 rings (SSSR count). The molecular weight excluding hydrogens is 268 g/mol. The molecule has 1 saturated carbocycles. The molecule has 2 heterocycles. The first kappa shape index (κ1) is 14.1. The van der Waals surface area contributed by atoms with Crippen LogP contribution in [0.15, 0.2) is 17.5 Å². The number of rotatable bonds is 3. The van der Waals surface area contributed by atoms with E-state index in [-0.39, 0.29) is 18.1 Å². The lowest BCUT2D eigenvalue weighted by Crippen LogP contribution is -2.43. The molecule has 1 aliphatic carbocycles. The van der Waals surface area contributed by atoms with Crippen molar-refractivity contribution in [3.8, 4) is 0 Å². The van der Waals surface area contributed by atoms with Crippen molar-refractivity contribution < 1.29 is 4.79 Å². The minimum atomic E-state index is -0.0619. The van der Waals surface area contributed by atoms with Crippen LogP contribution in [0, 0.1) is 5.92 Å². The van der Waals surface area contributed by atoms with Crippen molar-refractivity contribution in [1.82, 2.24) is 10.2 Å². The fourth-order valence-electron chi connectivity index (χ4n) is 3.68. The molecule has 0 bridgehead atoms. The SMILES string of the molecule is CC1NC(c2cccs2)N(C(C)C2CCCCC2)C1=O. The van der Waals surface area contributed by atoms with Crippen LogP contribution in [0.5, 0.6) is 0 Å². The summed E-state index contributed by atoms with van der Waals surface area (Å²) in [6.45, 7) is 4.23. The van der Waals surface area contributed by atoms with E-state index in [0.29, 0.717) is 12.0 Å². The van der Waals surface area contributed by atoms with Crippen LogP contribution in [0.1, 0.15) is 57.0 Å². The molecule has 3 unspecified atom stereocenters. The van der Waals surface area contributed by atoms with Gasteiger partial charge >= 0.3 is 0 Å². The zero-order valence-electron chi connectivity index (χ0n) is 12.3. The number of thiophene rings is 1. The third-order valence-electron chi connectivity index (χ3n) is 4.89. The van der Waals surface area contributed by atoms with E-state index in [1.54, 1.807) is 11.3 Å². The number of nitrogens with one attached hydrogen (secondary N) is 1. The van der Waals surface area contributed by atoms with Crippen molar-refractivity contribution in [3.05, 3.63) is 22.4 Å². The quantitative estimate of drug-likeness (QED) is 0.924. The topological polar surface area (TPSA) is 32.3 Å². The van der Waals surface area contributed by atoms with Crippen LogP contribution in [0.4, 0.5) is 0 Å². The summed E-state index contributed by atoms with van der Waals surface area (Å²) in [5.74, 6) is 0.934. The van der Waals surface area contributed by atoms with E-state index in [0.717, 1.165) is 0 Å². The highest BCUT2D eigenvalue weighted by atomic mass is 32.1. The zero-order valence-corrected chi connectivity index (χ0v) is 13.2. The van der Waals surface area contributed by atoms with Crippen molar-refractivity contribution in [1.29, 1.82) is 0 Å². The van der Waals surface area contributed by atoms with Gasteiger partial charge in [-0.2, -0.15) is 0 Å². The van der Waals surface area contributed by atoms with Gasteiger partial charge in [0.2, 0.25) is 5.91 Å². The molecule has 0 spiro atoms. The number of nitrogens with zero attached hydrogens (tertiary/aromatic N) is 1. The first-order valence-corrected chi connectivity index (χ1v) is 8.68. The molecule has 2 fully saturated rings. The van der Waals surface area contributed by atoms with Crippen molar-refractivity contribution in [2.45, 2.75) is 64.2 Å². The molecular formula is C16H24N2OS. The summed E-state index contributed by atoms with van der Waals surface area (Å²) in [4.78, 5) is 15.9. The van der Waals surface area contributed by atoms with Gasteiger partial charge in [-0.1, -0.05) is 25.3 Å². The maximum Gasteiger partial charge on any atom is 0.241 e. The van der Waals surface area contributed by atoms with Crippen LogP contribution < -0.4 is 5.32 Å². The van der Waals surface area contributed by atoms with Crippen LogP contribution in [-0.4, -0.2) is 22.9 Å². The predicted molar refractivity (Wildman–Crippen MR) is 82.5 cm³/mol. The van der Waals surface area contributed by atoms with Gasteiger partial charge < -0.3 is 4.90 Å². The van der Waals surface area contributed by atoms with E-state index in [1.165, 1.54) is 37.0 Å². The van der Waals surface area contributed by atoms with Crippen LogP contribution in [0.25, 0.3) is 0 Å². The second kappa shape index (κ2) is 5.86. The van der Waals surface area contributed by atoms with E-state index in [2.05, 4.69) is 34.7 Å². The van der Waals surface area contributed by atoms with Crippen LogP contribution in [0.2, 0.25) is 0 Å². The van der Waals surface area contributed by atoms with Crippen molar-refractivity contribution in [2.75, 3.05) is 0 Å². The lowest BCUT2D eigenvalue weighted by Gasteiger charge is -2.37. The van der Waals surface area contributed by atoms with Crippen LogP contribution in [-0.2, 0) is 4.79 Å². The van der Waals surface area contributed by atoms with Gasteiger partial charge in [-0.25, -0.2) is 0 Å². The average Bonchev–Trinajstić information content (AvgIpc) is 3.09. The summed E-state index contributed by atoms with van der Waals surface area (Å²) >= 11 is 1.74. The summed E-state index contributed by atoms with van der Waals surface area (Å²) < 4.78 is 0. The Hall–Kier alpha value is -0.870. The molecule has 1 aromatic rings. The van der Waals surface area contributed by atoms with Gasteiger partial charge in [0.15, 0.2) is 0 Å². The van der Waals surface area contributed by atoms with Crippen molar-refractivity contribution in [2.24, 2.45) is 5.92 Å². The van der Waals surface area contributed by atoms with Gasteiger partial charge in [-0.3, -0.25) is 10.1 Å². The molecule has 0 aromatic carbocycles. The number of hydrogen-bond donors (Lipinski definition) is 1. The Morgan fingerprint density at radius 2 is 2.10 bits per heavy atom. The molecule has 1 saturated heterocycles. The fourth-order valence-corrected chi connectivity index (χ4v) is 4.47. The van der Waals surface area contributed by atoms with E-state index in [1.807, 2.05) is 6.92 Å². The van der Waals surface area contributed by atoms with Crippen LogP contribution in [0.3, 0.4) is 0 Å². The Bertz CT molecular complexity index is 453. The number of carbonyl (C=O) groups excluding carboxylic acids is 1. The van der Waals surface area contributed by atoms with Gasteiger partial charge in [0.25, 0.3) is 0 Å². The maximum atomic E-state index is 12.6. The summed E-state index contributed by atoms with van der Waals surface area (Å²) in [6, 6.07) is 4.48. The highest BCUT2D eigenvalue weighted by Gasteiger charge is 2.42. The van der Waals surface area contributed by atoms with Crippen molar-refractivity contribution >= 4 is 17.2 Å². The normalized spacial score (nSPS) is 29.9.